The van der Waals surface area contributed by atoms with Gasteiger partial charge in [0, 0.05) is 30.5 Å². The molecule has 0 aromatic carbocycles. The van der Waals surface area contributed by atoms with Crippen molar-refractivity contribution >= 4 is 29.7 Å². The molecular formula is C16H29N5O3S. The second-order valence-corrected chi connectivity index (χ2v) is 7.84. The predicted octanol–water partition coefficient (Wildman–Crippen LogP) is 0.667. The molecule has 0 spiro atoms. The Bertz CT molecular complexity index is 477. The lowest BCUT2D eigenvalue weighted by atomic mass is 10.0. The summed E-state index contributed by atoms with van der Waals surface area (Å²) in [5, 5.41) is 11.9. The number of hydrogen-bond acceptors (Lipinski definition) is 4. The molecule has 0 aliphatic carbocycles. The predicted molar refractivity (Wildman–Crippen MR) is 98.4 cm³/mol. The number of unbranched alkanes of at least 4 members (excludes halogenated alkanes) is 3. The number of rotatable bonds is 11. The molecule has 2 fully saturated rings. The minimum Gasteiger partial charge on any atom is -0.356 e. The lowest BCUT2D eigenvalue weighted by molar-refractivity contribution is -0.121. The number of carbonyl (C=O) groups excluding carboxylic acids is 3. The van der Waals surface area contributed by atoms with Gasteiger partial charge in [0.25, 0.3) is 0 Å². The normalized spacial score (nSPS) is 24.3. The minimum atomic E-state index is -0.494. The zero-order chi connectivity index (χ0) is 18.1. The Morgan fingerprint density at radius 1 is 1.08 bits per heavy atom. The zero-order valence-electron chi connectivity index (χ0n) is 14.5. The van der Waals surface area contributed by atoms with E-state index in [9.17, 15) is 14.4 Å². The maximum absolute atomic E-state index is 11.8. The number of fused-ring (bicyclic) bond motifs is 1. The van der Waals surface area contributed by atoms with Gasteiger partial charge in [-0.3, -0.25) is 4.79 Å². The van der Waals surface area contributed by atoms with Crippen molar-refractivity contribution in [3.63, 3.8) is 0 Å². The summed E-state index contributed by atoms with van der Waals surface area (Å²) in [4.78, 5) is 33.6. The van der Waals surface area contributed by atoms with Gasteiger partial charge in [-0.1, -0.05) is 6.42 Å². The summed E-state index contributed by atoms with van der Waals surface area (Å²) in [7, 11) is 0. The first kappa shape index (κ1) is 19.7. The molecular weight excluding hydrogens is 342 g/mol. The Morgan fingerprint density at radius 2 is 1.84 bits per heavy atom. The first-order chi connectivity index (χ1) is 12.1. The number of carbonyl (C=O) groups is 3. The fourth-order valence-electron chi connectivity index (χ4n) is 3.23. The van der Waals surface area contributed by atoms with Crippen molar-refractivity contribution in [3.05, 3.63) is 0 Å². The molecule has 2 aliphatic heterocycles. The second-order valence-electron chi connectivity index (χ2n) is 6.57. The third-order valence-corrected chi connectivity index (χ3v) is 6.06. The molecule has 2 heterocycles. The quantitative estimate of drug-likeness (QED) is 0.270. The Kier molecular flexibility index (Phi) is 8.17. The first-order valence-corrected chi connectivity index (χ1v) is 10.1. The molecule has 142 valence electrons. The van der Waals surface area contributed by atoms with Crippen LogP contribution in [0, 0.1) is 0 Å². The molecule has 5 amide bonds. The van der Waals surface area contributed by atoms with E-state index in [1.54, 1.807) is 0 Å². The highest BCUT2D eigenvalue weighted by molar-refractivity contribution is 8.00. The second kappa shape index (κ2) is 10.4. The van der Waals surface area contributed by atoms with Crippen LogP contribution >= 0.6 is 11.8 Å². The third-order valence-electron chi connectivity index (χ3n) is 4.56. The van der Waals surface area contributed by atoms with E-state index in [1.807, 2.05) is 11.8 Å². The van der Waals surface area contributed by atoms with Gasteiger partial charge in [-0.25, -0.2) is 9.59 Å². The summed E-state index contributed by atoms with van der Waals surface area (Å²) < 4.78 is 0. The van der Waals surface area contributed by atoms with Crippen LogP contribution < -0.4 is 27.0 Å². The number of thioether (sulfide) groups is 1. The van der Waals surface area contributed by atoms with Crippen molar-refractivity contribution in [2.75, 3.05) is 18.8 Å². The highest BCUT2D eigenvalue weighted by atomic mass is 32.2. The molecule has 0 aromatic heterocycles. The zero-order valence-corrected chi connectivity index (χ0v) is 15.3. The van der Waals surface area contributed by atoms with E-state index in [0.717, 1.165) is 44.3 Å². The molecule has 3 atom stereocenters. The van der Waals surface area contributed by atoms with Gasteiger partial charge in [0.1, 0.15) is 0 Å². The average Bonchev–Trinajstić information content (AvgIpc) is 3.10. The van der Waals surface area contributed by atoms with Crippen molar-refractivity contribution in [1.82, 2.24) is 21.3 Å². The standard InChI is InChI=1S/C16H29N5O3S/c17-15(23)19-9-5-1-4-8-18-13(22)7-3-2-6-12-14-11(10-25-12)20-16(24)21-14/h11-12,14H,1-10H2,(H,18,22)(H3,17,19,23)(H2,20,21,24)/t11-,12?,14-/m0/s1. The fourth-order valence-corrected chi connectivity index (χ4v) is 4.77. The molecule has 8 nitrogen and oxygen atoms in total. The van der Waals surface area contributed by atoms with Gasteiger partial charge >= 0.3 is 12.1 Å². The number of nitrogens with two attached hydrogens (primary N) is 1. The molecule has 2 saturated heterocycles. The highest BCUT2D eigenvalue weighted by Crippen LogP contribution is 2.33. The van der Waals surface area contributed by atoms with Crippen LogP contribution in [0.4, 0.5) is 9.59 Å². The average molecular weight is 372 g/mol. The van der Waals surface area contributed by atoms with E-state index in [2.05, 4.69) is 21.3 Å². The number of primary amides is 1. The summed E-state index contributed by atoms with van der Waals surface area (Å²) >= 11 is 1.91. The van der Waals surface area contributed by atoms with Gasteiger partial charge in [0.15, 0.2) is 0 Å². The molecule has 0 radical (unpaired) electrons. The number of hydrogen-bond donors (Lipinski definition) is 5. The van der Waals surface area contributed by atoms with Crippen molar-refractivity contribution in [2.24, 2.45) is 5.73 Å². The molecule has 2 rings (SSSR count). The Morgan fingerprint density at radius 3 is 2.60 bits per heavy atom. The Hall–Kier alpha value is -1.64. The summed E-state index contributed by atoms with van der Waals surface area (Å²) in [5.74, 6) is 1.08. The maximum atomic E-state index is 11.8. The van der Waals surface area contributed by atoms with Crippen molar-refractivity contribution in [1.29, 1.82) is 0 Å². The highest BCUT2D eigenvalue weighted by Gasteiger charge is 2.42. The molecule has 6 N–H and O–H groups in total. The summed E-state index contributed by atoms with van der Waals surface area (Å²) in [5.41, 5.74) is 4.97. The molecule has 1 unspecified atom stereocenters. The van der Waals surface area contributed by atoms with Crippen LogP contribution in [0.25, 0.3) is 0 Å². The molecule has 9 heteroatoms. The molecule has 25 heavy (non-hydrogen) atoms. The van der Waals surface area contributed by atoms with Crippen LogP contribution in [0.15, 0.2) is 0 Å². The van der Waals surface area contributed by atoms with Crippen molar-refractivity contribution in [3.8, 4) is 0 Å². The third kappa shape index (κ3) is 7.01. The summed E-state index contributed by atoms with van der Waals surface area (Å²) in [6, 6.07) is -0.0316. The van der Waals surface area contributed by atoms with Gasteiger partial charge < -0.3 is 27.0 Å². The van der Waals surface area contributed by atoms with Gasteiger partial charge in [-0.2, -0.15) is 11.8 Å². The molecule has 0 saturated carbocycles. The van der Waals surface area contributed by atoms with E-state index >= 15 is 0 Å². The smallest absolute Gasteiger partial charge is 0.315 e. The monoisotopic (exact) mass is 371 g/mol. The van der Waals surface area contributed by atoms with Crippen LogP contribution in [0.5, 0.6) is 0 Å². The van der Waals surface area contributed by atoms with Crippen LogP contribution in [0.3, 0.4) is 0 Å². The van der Waals surface area contributed by atoms with Gasteiger partial charge in [-0.05, 0) is 32.1 Å². The van der Waals surface area contributed by atoms with Gasteiger partial charge in [-0.15, -0.1) is 0 Å². The van der Waals surface area contributed by atoms with E-state index < -0.39 is 6.03 Å². The number of amides is 5. The number of urea groups is 2. The van der Waals surface area contributed by atoms with E-state index in [1.165, 1.54) is 0 Å². The maximum Gasteiger partial charge on any atom is 0.315 e. The molecule has 2 aliphatic rings. The summed E-state index contributed by atoms with van der Waals surface area (Å²) in [6.07, 6.45) is 6.19. The Balaban J connectivity index is 1.42. The van der Waals surface area contributed by atoms with Crippen molar-refractivity contribution in [2.45, 2.75) is 62.3 Å². The van der Waals surface area contributed by atoms with Gasteiger partial charge in [0.2, 0.25) is 5.91 Å². The Labute approximate surface area is 152 Å². The van der Waals surface area contributed by atoms with E-state index in [4.69, 9.17) is 5.73 Å². The van der Waals surface area contributed by atoms with E-state index in [0.29, 0.717) is 24.8 Å². The number of nitrogens with one attached hydrogen (secondary N) is 4. The van der Waals surface area contributed by atoms with Crippen LogP contribution in [-0.4, -0.2) is 54.1 Å². The summed E-state index contributed by atoms with van der Waals surface area (Å²) in [6.45, 7) is 1.26. The van der Waals surface area contributed by atoms with Crippen LogP contribution in [-0.2, 0) is 4.79 Å². The van der Waals surface area contributed by atoms with Crippen LogP contribution in [0.1, 0.15) is 44.9 Å². The largest absolute Gasteiger partial charge is 0.356 e. The van der Waals surface area contributed by atoms with Crippen LogP contribution in [0.2, 0.25) is 0 Å². The minimum absolute atomic E-state index is 0.0508. The van der Waals surface area contributed by atoms with E-state index in [-0.39, 0.29) is 24.0 Å². The van der Waals surface area contributed by atoms with Gasteiger partial charge in [0.05, 0.1) is 12.1 Å². The SMILES string of the molecule is NC(=O)NCCCCCNC(=O)CCCCC1SC[C@@H]2NC(=O)N[C@H]12. The first-order valence-electron chi connectivity index (χ1n) is 9.05. The van der Waals surface area contributed by atoms with Crippen molar-refractivity contribution < 1.29 is 14.4 Å². The molecule has 0 bridgehead atoms. The molecule has 0 aromatic rings. The fraction of sp³-hybridized carbons (Fsp3) is 0.812. The lowest BCUT2D eigenvalue weighted by Crippen LogP contribution is -2.36. The lowest BCUT2D eigenvalue weighted by Gasteiger charge is -2.16. The topological polar surface area (TPSA) is 125 Å².